The Kier molecular flexibility index (Phi) is 8.88. The molecule has 18 heteroatoms. The number of hydrogen-bond acceptors (Lipinski definition) is 18. The fourth-order valence-corrected chi connectivity index (χ4v) is 15.8. The molecule has 0 spiro atoms. The van der Waals surface area contributed by atoms with E-state index in [1.165, 1.54) is 38.5 Å². The van der Waals surface area contributed by atoms with Gasteiger partial charge in [0, 0.05) is 52.4 Å². The van der Waals surface area contributed by atoms with Crippen molar-refractivity contribution in [1.82, 2.24) is 78.4 Å². The molecule has 2 N–H and O–H groups in total. The zero-order valence-corrected chi connectivity index (χ0v) is 41.0. The average Bonchev–Trinajstić information content (AvgIpc) is 4.04. The van der Waals surface area contributed by atoms with E-state index in [0.29, 0.717) is 38.1 Å². The van der Waals surface area contributed by atoms with Crippen LogP contribution in [0.5, 0.6) is 0 Å². The first-order chi connectivity index (χ1) is 32.6. The molecule has 14 fully saturated rings. The van der Waals surface area contributed by atoms with Crippen LogP contribution in [0.25, 0.3) is 0 Å². The molecule has 14 aliphatic rings. The van der Waals surface area contributed by atoms with Crippen molar-refractivity contribution < 1.29 is 10.2 Å². The summed E-state index contributed by atoms with van der Waals surface area (Å²) in [6, 6.07) is 0. The molecular formula is C50H76N16O2. The molecular weight excluding hydrogens is 857 g/mol. The zero-order chi connectivity index (χ0) is 47.1. The minimum atomic E-state index is -1.73. The quantitative estimate of drug-likeness (QED) is 0.372. The van der Waals surface area contributed by atoms with Gasteiger partial charge >= 0.3 is 0 Å². The minimum absolute atomic E-state index is 0.0165. The van der Waals surface area contributed by atoms with E-state index < -0.39 is 11.7 Å². The van der Waals surface area contributed by atoms with Crippen molar-refractivity contribution in [3.63, 3.8) is 0 Å². The van der Waals surface area contributed by atoms with Gasteiger partial charge in [-0.2, -0.15) is 0 Å². The molecule has 0 saturated carbocycles. The predicted molar refractivity (Wildman–Crippen MR) is 258 cm³/mol. The molecule has 0 aromatic heterocycles. The third-order valence-corrected chi connectivity index (χ3v) is 19.5. The molecule has 0 amide bonds. The Bertz CT molecular complexity index is 2010. The lowest BCUT2D eigenvalue weighted by Gasteiger charge is -2.51. The van der Waals surface area contributed by atoms with E-state index >= 15 is 0 Å². The topological polar surface area (TPSA) is 92.3 Å². The fourth-order valence-electron chi connectivity index (χ4n) is 15.8. The molecule has 0 radical (unpaired) electrons. The van der Waals surface area contributed by atoms with Crippen molar-refractivity contribution in [2.45, 2.75) is 139 Å². The molecule has 14 rings (SSSR count). The first-order valence-corrected chi connectivity index (χ1v) is 25.9. The highest BCUT2D eigenvalue weighted by atomic mass is 16.4. The Hall–Kier alpha value is -5.36. The molecule has 14 aliphatic heterocycles. The van der Waals surface area contributed by atoms with Crippen LogP contribution < -0.4 is 0 Å². The number of rotatable bonds is 0. The van der Waals surface area contributed by atoms with E-state index in [4.69, 9.17) is 13.2 Å². The van der Waals surface area contributed by atoms with Crippen molar-refractivity contribution in [2.75, 3.05) is 79.0 Å². The van der Waals surface area contributed by atoms with Crippen LogP contribution in [0, 0.1) is 0 Å². The Morgan fingerprint density at radius 1 is 0.294 bits per heavy atom. The summed E-state index contributed by atoms with van der Waals surface area (Å²) in [5.74, 6) is 4.43. The van der Waals surface area contributed by atoms with E-state index in [2.05, 4.69) is 112 Å². The lowest BCUT2D eigenvalue weighted by Crippen LogP contribution is -2.71. The smallest absolute Gasteiger partial charge is 0.296 e. The van der Waals surface area contributed by atoms with Crippen LogP contribution >= 0.6 is 0 Å². The molecule has 14 heterocycles. The maximum atomic E-state index is 12.6. The lowest BCUT2D eigenvalue weighted by atomic mass is 9.94. The number of fused-ring (bicyclic) bond motifs is 16. The second kappa shape index (κ2) is 14.1. The van der Waals surface area contributed by atoms with Gasteiger partial charge in [-0.05, 0) is 90.9 Å². The van der Waals surface area contributed by atoms with Crippen LogP contribution in [-0.2, 0) is 0 Å². The first kappa shape index (κ1) is 42.7. The van der Waals surface area contributed by atoms with Gasteiger partial charge in [-0.1, -0.05) is 52.6 Å². The van der Waals surface area contributed by atoms with Crippen molar-refractivity contribution in [3.8, 4) is 0 Å². The molecule has 0 unspecified atom stereocenters. The number of nitrogens with zero attached hydrogens (tertiary/aromatic N) is 16. The van der Waals surface area contributed by atoms with Gasteiger partial charge in [-0.15, -0.1) is 0 Å². The predicted octanol–water partition coefficient (Wildman–Crippen LogP) is 3.31. The van der Waals surface area contributed by atoms with Crippen LogP contribution in [0.1, 0.15) is 90.9 Å². The van der Waals surface area contributed by atoms with Crippen molar-refractivity contribution in [2.24, 2.45) is 0 Å². The summed E-state index contributed by atoms with van der Waals surface area (Å²) in [5.41, 5.74) is -0.512. The molecule has 0 aromatic rings. The summed E-state index contributed by atoms with van der Waals surface area (Å²) in [6.45, 7) is 51.2. The molecule has 0 aliphatic carbocycles. The fraction of sp³-hybridized carbons (Fsp3) is 0.680. The van der Waals surface area contributed by atoms with Crippen LogP contribution in [0.3, 0.4) is 0 Å². The van der Waals surface area contributed by atoms with Crippen molar-refractivity contribution >= 4 is 0 Å². The summed E-state index contributed by atoms with van der Waals surface area (Å²) in [7, 11) is 0. The summed E-state index contributed by atoms with van der Waals surface area (Å²) in [4.78, 5) is 37.7. The summed E-state index contributed by atoms with van der Waals surface area (Å²) >= 11 is 0. The van der Waals surface area contributed by atoms with Crippen LogP contribution in [0.15, 0.2) is 99.2 Å². The van der Waals surface area contributed by atoms with Crippen LogP contribution in [0.2, 0.25) is 0 Å². The second-order valence-corrected chi connectivity index (χ2v) is 22.1. The Morgan fingerprint density at radius 3 is 0.868 bits per heavy atom. The summed E-state index contributed by atoms with van der Waals surface area (Å²) < 4.78 is 0. The molecule has 68 heavy (non-hydrogen) atoms. The summed E-state index contributed by atoms with van der Waals surface area (Å²) in [6.07, 6.45) is 13.8. The van der Waals surface area contributed by atoms with Crippen molar-refractivity contribution in [3.05, 3.63) is 99.2 Å². The number of aliphatic hydroxyl groups is 2. The van der Waals surface area contributed by atoms with E-state index in [1.807, 2.05) is 19.6 Å². The Labute approximate surface area is 404 Å². The average molecular weight is 933 g/mol. The Balaban J connectivity index is 0.000000134. The minimum Gasteiger partial charge on any atom is -0.348 e. The first-order valence-electron chi connectivity index (χ1n) is 25.9. The number of hydrogen-bond donors (Lipinski definition) is 2. The molecule has 16 bridgehead atoms. The van der Waals surface area contributed by atoms with E-state index in [1.54, 1.807) is 0 Å². The van der Waals surface area contributed by atoms with Gasteiger partial charge in [0.25, 0.3) is 11.7 Å². The Morgan fingerprint density at radius 2 is 0.529 bits per heavy atom. The third kappa shape index (κ3) is 4.77. The maximum Gasteiger partial charge on any atom is 0.296 e. The van der Waals surface area contributed by atoms with Gasteiger partial charge < -0.3 is 78.8 Å². The van der Waals surface area contributed by atoms with Crippen LogP contribution in [-0.4, -0.2) is 215 Å². The van der Waals surface area contributed by atoms with Crippen molar-refractivity contribution in [1.29, 1.82) is 0 Å². The van der Waals surface area contributed by atoms with E-state index in [9.17, 15) is 10.2 Å². The largest absolute Gasteiger partial charge is 0.348 e. The highest BCUT2D eigenvalue weighted by Crippen LogP contribution is 2.60. The molecule has 368 valence electrons. The van der Waals surface area contributed by atoms with Gasteiger partial charge in [0.05, 0.1) is 26.7 Å². The highest BCUT2D eigenvalue weighted by molar-refractivity contribution is 5.35. The molecule has 14 saturated heterocycles. The van der Waals surface area contributed by atoms with Gasteiger partial charge in [0.2, 0.25) is 0 Å². The van der Waals surface area contributed by atoms with Crippen LogP contribution in [0.4, 0.5) is 0 Å². The SMILES string of the molecule is C=C1N2CCCCCN3C(=C)N4CN1C1C2N2CCCCCN5C(=C)N(CN1C2=C)C4(C)C35C.C=C1N2CCCCCN3C(=C)N4CN1C1C2N2CCCCCN5C(=C)N(CN1C2=C)C4(O)C35O. The summed E-state index contributed by atoms with van der Waals surface area (Å²) in [5, 5.41) is 25.1. The lowest BCUT2D eigenvalue weighted by molar-refractivity contribution is -0.308. The highest BCUT2D eigenvalue weighted by Gasteiger charge is 2.78. The van der Waals surface area contributed by atoms with Gasteiger partial charge in [-0.25, -0.2) is 0 Å². The second-order valence-electron chi connectivity index (χ2n) is 22.1. The molecule has 0 atom stereocenters. The van der Waals surface area contributed by atoms with Gasteiger partial charge in [0.15, 0.2) is 11.3 Å². The zero-order valence-electron chi connectivity index (χ0n) is 41.0. The molecule has 18 nitrogen and oxygen atoms in total. The van der Waals surface area contributed by atoms with E-state index in [-0.39, 0.29) is 36.0 Å². The van der Waals surface area contributed by atoms with E-state index in [0.717, 1.165) is 126 Å². The third-order valence-electron chi connectivity index (χ3n) is 19.5. The normalized spacial score (nSPS) is 39.2. The maximum absolute atomic E-state index is 12.6. The van der Waals surface area contributed by atoms with Gasteiger partial charge in [-0.3, -0.25) is 9.80 Å². The standard InChI is InChI=1S/C26H40N8.C24H36N8O2/c1-19-27-13-9-7-11-15-31-21(3)33-17-29(19)24-23(27)28-14-10-8-12-16-32-22(4)34(18-30(24)20(28)2)26(33,6)25(31,32)5;1-17-25-11-7-5-9-13-29-19(3)31-15-27(17)22-21(25)26-12-8-6-10-14-30-20(4)32(16-28(22)18(26)2)24(31,34)23(29,30)33/h23-24H,1-4,7-18H2,5-6H3;21-22,33-34H,1-16H2. The van der Waals surface area contributed by atoms with Gasteiger partial charge in [0.1, 0.15) is 71.2 Å². The monoisotopic (exact) mass is 933 g/mol. The molecule has 0 aromatic carbocycles.